The Morgan fingerprint density at radius 1 is 1.10 bits per heavy atom. The molecule has 0 aromatic carbocycles. The molecule has 0 unspecified atom stereocenters. The second-order valence-corrected chi connectivity index (χ2v) is 7.68. The molecule has 2 heterocycles. The van der Waals surface area contributed by atoms with E-state index in [1.54, 1.807) is 33.1 Å². The number of carbonyl (C=O) groups excluding carboxylic acids is 4. The molecule has 0 bridgehead atoms. The van der Waals surface area contributed by atoms with Gasteiger partial charge in [-0.05, 0) is 24.4 Å². The molecule has 0 saturated carbocycles. The van der Waals surface area contributed by atoms with Gasteiger partial charge in [0.1, 0.15) is 10.7 Å². The lowest BCUT2D eigenvalue weighted by atomic mass is 9.96. The quantitative estimate of drug-likeness (QED) is 0.677. The minimum absolute atomic E-state index is 0.00522. The maximum Gasteiger partial charge on any atom is 0.414 e. The first kappa shape index (κ1) is 22.0. The third kappa shape index (κ3) is 6.07. The summed E-state index contributed by atoms with van der Waals surface area (Å²) in [5.74, 6) is -1.62. The lowest BCUT2D eigenvalue weighted by Crippen LogP contribution is -2.31. The fraction of sp³-hybridized carbons (Fsp3) is 0.333. The molecule has 0 aliphatic carbocycles. The van der Waals surface area contributed by atoms with Crippen molar-refractivity contribution in [3.05, 3.63) is 35.0 Å². The van der Waals surface area contributed by atoms with Crippen molar-refractivity contribution in [1.82, 2.24) is 15.3 Å². The second kappa shape index (κ2) is 9.24. The summed E-state index contributed by atoms with van der Waals surface area (Å²) in [5.41, 5.74) is -0.555. The fourth-order valence-electron chi connectivity index (χ4n) is 1.91. The van der Waals surface area contributed by atoms with Gasteiger partial charge in [-0.1, -0.05) is 20.8 Å². The largest absolute Gasteiger partial charge is 0.450 e. The van der Waals surface area contributed by atoms with Crippen molar-refractivity contribution in [2.75, 3.05) is 17.2 Å². The summed E-state index contributed by atoms with van der Waals surface area (Å²) in [4.78, 5) is 56.1. The van der Waals surface area contributed by atoms with Gasteiger partial charge in [0.05, 0.1) is 12.2 Å². The van der Waals surface area contributed by atoms with Crippen molar-refractivity contribution in [1.29, 1.82) is 0 Å². The van der Waals surface area contributed by atoms with Crippen LogP contribution in [0.1, 0.15) is 48.5 Å². The number of anilines is 2. The Kier molecular flexibility index (Phi) is 6.99. The first-order valence-corrected chi connectivity index (χ1v) is 9.51. The van der Waals surface area contributed by atoms with Crippen LogP contribution in [0.4, 0.5) is 15.7 Å². The molecular formula is C18H21N5O5S. The van der Waals surface area contributed by atoms with Gasteiger partial charge >= 0.3 is 6.09 Å². The molecule has 0 spiro atoms. The van der Waals surface area contributed by atoms with E-state index in [4.69, 9.17) is 0 Å². The molecule has 3 N–H and O–H groups in total. The smallest absolute Gasteiger partial charge is 0.414 e. The number of nitrogens with one attached hydrogen (secondary N) is 3. The Balaban J connectivity index is 2.11. The molecule has 29 heavy (non-hydrogen) atoms. The molecule has 10 nitrogen and oxygen atoms in total. The number of alkyl carbamates (subject to hydrolysis) is 1. The number of hydrogen-bond donors (Lipinski definition) is 3. The van der Waals surface area contributed by atoms with Gasteiger partial charge in [0.15, 0.2) is 0 Å². The van der Waals surface area contributed by atoms with Crippen LogP contribution in [0.25, 0.3) is 0 Å². The van der Waals surface area contributed by atoms with E-state index in [1.807, 2.05) is 0 Å². The Bertz CT molecular complexity index is 935. The highest BCUT2D eigenvalue weighted by Crippen LogP contribution is 2.24. The SMILES string of the molecule is CCOC(=O)NC(=O)c1ccsc1NC(=O)c1ccnc(NC(=O)C(C)(C)C)n1. The van der Waals surface area contributed by atoms with E-state index in [-0.39, 0.29) is 34.7 Å². The first-order valence-electron chi connectivity index (χ1n) is 8.63. The van der Waals surface area contributed by atoms with Crippen LogP contribution in [0.2, 0.25) is 0 Å². The number of thiophene rings is 1. The van der Waals surface area contributed by atoms with E-state index in [9.17, 15) is 19.2 Å². The molecule has 2 aromatic heterocycles. The first-order chi connectivity index (χ1) is 13.6. The summed E-state index contributed by atoms with van der Waals surface area (Å²) in [6.07, 6.45) is 0.458. The van der Waals surface area contributed by atoms with Crippen LogP contribution in [0, 0.1) is 5.41 Å². The van der Waals surface area contributed by atoms with Crippen LogP contribution in [-0.4, -0.2) is 40.4 Å². The Hall–Kier alpha value is -3.34. The molecule has 154 valence electrons. The molecule has 0 fully saturated rings. The highest BCUT2D eigenvalue weighted by molar-refractivity contribution is 7.14. The average Bonchev–Trinajstić information content (AvgIpc) is 3.09. The van der Waals surface area contributed by atoms with Crippen molar-refractivity contribution >= 4 is 46.1 Å². The Morgan fingerprint density at radius 2 is 1.83 bits per heavy atom. The number of amides is 4. The second-order valence-electron chi connectivity index (χ2n) is 6.76. The van der Waals surface area contributed by atoms with Crippen LogP contribution in [-0.2, 0) is 9.53 Å². The van der Waals surface area contributed by atoms with E-state index in [0.717, 1.165) is 11.3 Å². The summed E-state index contributed by atoms with van der Waals surface area (Å²) in [6, 6.07) is 2.83. The van der Waals surface area contributed by atoms with Gasteiger partial charge in [-0.25, -0.2) is 14.8 Å². The van der Waals surface area contributed by atoms with Gasteiger partial charge < -0.3 is 10.1 Å². The standard InChI is InChI=1S/C18H21N5O5S/c1-5-28-17(27)22-12(24)10-7-9-29-14(10)21-13(25)11-6-8-19-16(20-11)23-15(26)18(2,3)4/h6-9H,5H2,1-4H3,(H,21,25)(H,22,24,27)(H,19,20,23,26). The number of imide groups is 1. The van der Waals surface area contributed by atoms with E-state index in [1.165, 1.54) is 18.3 Å². The van der Waals surface area contributed by atoms with Gasteiger partial charge in [-0.3, -0.25) is 25.0 Å². The van der Waals surface area contributed by atoms with Gasteiger partial charge in [0.2, 0.25) is 11.9 Å². The number of carbonyl (C=O) groups is 4. The van der Waals surface area contributed by atoms with Crippen molar-refractivity contribution in [2.24, 2.45) is 5.41 Å². The number of rotatable bonds is 5. The van der Waals surface area contributed by atoms with Crippen molar-refractivity contribution in [2.45, 2.75) is 27.7 Å². The van der Waals surface area contributed by atoms with E-state index >= 15 is 0 Å². The van der Waals surface area contributed by atoms with Crippen LogP contribution < -0.4 is 16.0 Å². The predicted molar refractivity (Wildman–Crippen MR) is 107 cm³/mol. The van der Waals surface area contributed by atoms with Crippen LogP contribution in [0.15, 0.2) is 23.7 Å². The zero-order chi connectivity index (χ0) is 21.6. The molecular weight excluding hydrogens is 398 g/mol. The lowest BCUT2D eigenvalue weighted by Gasteiger charge is -2.16. The monoisotopic (exact) mass is 419 g/mol. The molecule has 11 heteroatoms. The van der Waals surface area contributed by atoms with Crippen LogP contribution in [0.3, 0.4) is 0 Å². The van der Waals surface area contributed by atoms with Crippen molar-refractivity contribution in [3.63, 3.8) is 0 Å². The van der Waals surface area contributed by atoms with Gasteiger partial charge in [0.25, 0.3) is 11.8 Å². The van der Waals surface area contributed by atoms with E-state index in [0.29, 0.717) is 0 Å². The third-order valence-electron chi connectivity index (χ3n) is 3.42. The van der Waals surface area contributed by atoms with Crippen LogP contribution >= 0.6 is 11.3 Å². The van der Waals surface area contributed by atoms with Gasteiger partial charge in [-0.2, -0.15) is 0 Å². The molecule has 4 amide bonds. The highest BCUT2D eigenvalue weighted by Gasteiger charge is 2.23. The fourth-order valence-corrected chi connectivity index (χ4v) is 2.69. The van der Waals surface area contributed by atoms with Crippen molar-refractivity contribution in [3.8, 4) is 0 Å². The molecule has 2 aromatic rings. The normalized spacial score (nSPS) is 10.8. The van der Waals surface area contributed by atoms with Gasteiger partial charge in [0, 0.05) is 11.6 Å². The molecule has 0 aliphatic heterocycles. The van der Waals surface area contributed by atoms with E-state index < -0.39 is 23.3 Å². The number of hydrogen-bond acceptors (Lipinski definition) is 8. The maximum absolute atomic E-state index is 12.5. The predicted octanol–water partition coefficient (Wildman–Crippen LogP) is 2.66. The summed E-state index contributed by atoms with van der Waals surface area (Å²) >= 11 is 1.10. The number of nitrogens with zero attached hydrogens (tertiary/aromatic N) is 2. The Morgan fingerprint density at radius 3 is 2.48 bits per heavy atom. The average molecular weight is 419 g/mol. The molecule has 0 atom stereocenters. The molecule has 2 rings (SSSR count). The number of aromatic nitrogens is 2. The lowest BCUT2D eigenvalue weighted by molar-refractivity contribution is -0.123. The van der Waals surface area contributed by atoms with Crippen molar-refractivity contribution < 1.29 is 23.9 Å². The number of ether oxygens (including phenoxy) is 1. The summed E-state index contributed by atoms with van der Waals surface area (Å²) in [7, 11) is 0. The summed E-state index contributed by atoms with van der Waals surface area (Å²) in [6.45, 7) is 6.93. The van der Waals surface area contributed by atoms with Gasteiger partial charge in [-0.15, -0.1) is 11.3 Å². The zero-order valence-electron chi connectivity index (χ0n) is 16.4. The molecule has 0 aliphatic rings. The highest BCUT2D eigenvalue weighted by atomic mass is 32.1. The third-order valence-corrected chi connectivity index (χ3v) is 4.25. The molecule has 0 saturated heterocycles. The Labute approximate surface area is 171 Å². The minimum atomic E-state index is -0.879. The zero-order valence-corrected chi connectivity index (χ0v) is 17.2. The topological polar surface area (TPSA) is 139 Å². The minimum Gasteiger partial charge on any atom is -0.450 e. The summed E-state index contributed by atoms with van der Waals surface area (Å²) < 4.78 is 4.66. The summed E-state index contributed by atoms with van der Waals surface area (Å²) in [5, 5.41) is 9.00. The molecule has 0 radical (unpaired) electrons. The van der Waals surface area contributed by atoms with E-state index in [2.05, 4.69) is 30.7 Å². The maximum atomic E-state index is 12.5. The van der Waals surface area contributed by atoms with Crippen LogP contribution in [0.5, 0.6) is 0 Å².